The summed E-state index contributed by atoms with van der Waals surface area (Å²) in [6.07, 6.45) is 1.88. The summed E-state index contributed by atoms with van der Waals surface area (Å²) in [4.78, 5) is 10.6. The number of phenolic OH excluding ortho intramolecular Hbond substituents is 1. The zero-order valence-corrected chi connectivity index (χ0v) is 47.9. The van der Waals surface area contributed by atoms with E-state index in [1.807, 2.05) is 38.2 Å². The molecule has 0 spiro atoms. The maximum Gasteiger partial charge on any atom is 0.148 e. The van der Waals surface area contributed by atoms with Gasteiger partial charge in [-0.3, -0.25) is 9.55 Å². The van der Waals surface area contributed by atoms with Crippen LogP contribution < -0.4 is 0 Å². The molecule has 0 saturated heterocycles. The van der Waals surface area contributed by atoms with Gasteiger partial charge in [0.15, 0.2) is 0 Å². The third-order valence-electron chi connectivity index (χ3n) is 14.0. The van der Waals surface area contributed by atoms with Crippen molar-refractivity contribution in [1.82, 2.24) is 14.5 Å². The van der Waals surface area contributed by atoms with Gasteiger partial charge in [-0.15, -0.1) is 29.3 Å². The number of aryl methyl sites for hydroxylation is 1. The average molecular weight is 1120 g/mol. The molecule has 2 aromatic heterocycles. The number of aromatic nitrogens is 3. The van der Waals surface area contributed by atoms with Gasteiger partial charge in [0, 0.05) is 39.9 Å². The zero-order chi connectivity index (χ0) is 52.0. The number of benzene rings is 6. The quantitative estimate of drug-likeness (QED) is 0.162. The summed E-state index contributed by atoms with van der Waals surface area (Å²) in [5.41, 5.74) is 18.7. The molecule has 0 aliphatic rings. The molecule has 0 bridgehead atoms. The molecule has 1 N–H and O–H groups in total. The molecule has 6 aromatic carbocycles. The first kappa shape index (κ1) is 51.8. The summed E-state index contributed by atoms with van der Waals surface area (Å²) in [5.74, 6) is 0.258. The first-order chi connectivity index (χ1) is 32.8. The topological polar surface area (TPSA) is 50.9 Å². The second kappa shape index (κ2) is 19.1. The van der Waals surface area contributed by atoms with Crippen LogP contribution in [0.5, 0.6) is 5.75 Å². The molecular weight excluding hydrogens is 1050 g/mol. The number of para-hydroxylation sites is 1. The number of hydrogen-bond acceptors (Lipinski definition) is 3. The minimum Gasteiger partial charge on any atom is -0.507 e. The van der Waals surface area contributed by atoms with E-state index in [-0.39, 0.29) is 53.9 Å². The molecule has 5 heteroatoms. The van der Waals surface area contributed by atoms with Gasteiger partial charge >= 0.3 is 0 Å². The Morgan fingerprint density at radius 1 is 0.549 bits per heavy atom. The van der Waals surface area contributed by atoms with E-state index in [0.29, 0.717) is 11.4 Å². The molecule has 0 saturated carbocycles. The molecule has 4 nitrogen and oxygen atoms in total. The van der Waals surface area contributed by atoms with Crippen molar-refractivity contribution in [2.75, 3.05) is 0 Å². The zero-order valence-electron chi connectivity index (χ0n) is 46.7. The standard InChI is InChI=1S/C66H76N3O.Pt/c1-40(2)42-22-24-43(25-23-42)45-28-29-67-56(36-45)48-31-47(34-49(35-48)62(4,5)6)53-20-19-21-58-59(53)68-61(54-38-52(65(13,14)15)39-55(60(54)70)66(16,17)18)69(58)57-27-26-44(30-41(57)3)46-32-50(63(7,8)9)37-51(33-46)64(10,11)12;/h19-30,32-40,70H,1-18H3;/q-1;/i40D;. The third-order valence-corrected chi connectivity index (χ3v) is 14.0. The van der Waals surface area contributed by atoms with Crippen LogP contribution >= 0.6 is 0 Å². The van der Waals surface area contributed by atoms with Gasteiger partial charge in [0.25, 0.3) is 0 Å². The van der Waals surface area contributed by atoms with Gasteiger partial charge in [-0.2, -0.15) is 0 Å². The van der Waals surface area contributed by atoms with E-state index in [0.717, 1.165) is 83.6 Å². The molecule has 71 heavy (non-hydrogen) atoms. The molecule has 8 rings (SSSR count). The van der Waals surface area contributed by atoms with Gasteiger partial charge in [-0.05, 0) is 120 Å². The monoisotopic (exact) mass is 1120 g/mol. The van der Waals surface area contributed by atoms with Gasteiger partial charge < -0.3 is 5.11 Å². The molecule has 0 unspecified atom stereocenters. The molecular formula is C66H76N3OPt-. The van der Waals surface area contributed by atoms with E-state index in [4.69, 9.17) is 11.3 Å². The minimum absolute atomic E-state index is 0. The maximum atomic E-state index is 12.6. The van der Waals surface area contributed by atoms with E-state index in [2.05, 4.69) is 218 Å². The fraction of sp³-hybridized carbons (Fsp3) is 0.364. The number of fused-ring (bicyclic) bond motifs is 1. The van der Waals surface area contributed by atoms with Gasteiger partial charge in [0.05, 0.1) is 22.3 Å². The summed E-state index contributed by atoms with van der Waals surface area (Å²) < 4.78 is 10.8. The molecule has 0 aliphatic heterocycles. The van der Waals surface area contributed by atoms with Crippen molar-refractivity contribution in [2.45, 2.75) is 158 Å². The van der Waals surface area contributed by atoms with E-state index in [1.54, 1.807) is 0 Å². The van der Waals surface area contributed by atoms with Crippen molar-refractivity contribution >= 4 is 11.0 Å². The molecule has 2 heterocycles. The number of rotatable bonds is 7. The number of hydrogen-bond donors (Lipinski definition) is 1. The van der Waals surface area contributed by atoms with Crippen LogP contribution in [0.15, 0.2) is 121 Å². The predicted molar refractivity (Wildman–Crippen MR) is 299 cm³/mol. The van der Waals surface area contributed by atoms with Crippen molar-refractivity contribution in [1.29, 1.82) is 0 Å². The maximum absolute atomic E-state index is 12.6. The first-order valence-electron chi connectivity index (χ1n) is 25.6. The van der Waals surface area contributed by atoms with Crippen LogP contribution in [0.3, 0.4) is 0 Å². The molecule has 0 radical (unpaired) electrons. The van der Waals surface area contributed by atoms with Crippen molar-refractivity contribution in [3.8, 4) is 67.5 Å². The van der Waals surface area contributed by atoms with E-state index >= 15 is 0 Å². The molecule has 372 valence electrons. The van der Waals surface area contributed by atoms with E-state index in [1.165, 1.54) is 16.7 Å². The fourth-order valence-corrected chi connectivity index (χ4v) is 9.34. The van der Waals surface area contributed by atoms with Crippen LogP contribution in [0.4, 0.5) is 0 Å². The molecule has 0 fully saturated rings. The van der Waals surface area contributed by atoms with Crippen molar-refractivity contribution in [2.24, 2.45) is 0 Å². The number of pyridine rings is 1. The Kier molecular flexibility index (Phi) is 13.9. The van der Waals surface area contributed by atoms with Crippen molar-refractivity contribution in [3.05, 3.63) is 166 Å². The van der Waals surface area contributed by atoms with Crippen LogP contribution in [0, 0.1) is 13.0 Å². The second-order valence-electron chi connectivity index (χ2n) is 25.1. The third kappa shape index (κ3) is 11.0. The number of phenols is 1. The van der Waals surface area contributed by atoms with Gasteiger partial charge in [-0.25, -0.2) is 4.98 Å². The Morgan fingerprint density at radius 3 is 1.66 bits per heavy atom. The van der Waals surface area contributed by atoms with E-state index < -0.39 is 5.89 Å². The first-order valence-corrected chi connectivity index (χ1v) is 25.1. The number of aromatic hydroxyl groups is 1. The number of imidazole rings is 1. The Labute approximate surface area is 442 Å². The Balaban J connectivity index is 0.00000760. The van der Waals surface area contributed by atoms with Gasteiger partial charge in [0.1, 0.15) is 11.6 Å². The van der Waals surface area contributed by atoms with Crippen LogP contribution in [0.2, 0.25) is 0 Å². The van der Waals surface area contributed by atoms with Crippen molar-refractivity contribution in [3.63, 3.8) is 0 Å². The summed E-state index contributed by atoms with van der Waals surface area (Å²) in [6.45, 7) is 39.7. The van der Waals surface area contributed by atoms with Crippen LogP contribution in [-0.2, 0) is 48.1 Å². The smallest absolute Gasteiger partial charge is 0.148 e. The molecule has 0 aliphatic carbocycles. The van der Waals surface area contributed by atoms with Gasteiger partial charge in [-0.1, -0.05) is 202 Å². The average Bonchev–Trinajstić information content (AvgIpc) is 3.66. The van der Waals surface area contributed by atoms with E-state index in [9.17, 15) is 5.11 Å². The largest absolute Gasteiger partial charge is 0.507 e. The number of nitrogens with zero attached hydrogens (tertiary/aromatic N) is 3. The predicted octanol–water partition coefficient (Wildman–Crippen LogP) is 18.2. The summed E-state index contributed by atoms with van der Waals surface area (Å²) in [7, 11) is 0. The Bertz CT molecular complexity index is 3280. The summed E-state index contributed by atoms with van der Waals surface area (Å²) in [6, 6.07) is 45.5. The normalized spacial score (nSPS) is 13.1. The molecule has 0 amide bonds. The SMILES string of the molecule is [2H]C(C)(C)c1ccc(-c2ccnc(-c3[c-]c(-c4cccc5c4nc(-c4cc(C(C)(C)C)cc(C(C)(C)C)c4O)n5-c4ccc(-c5cc(C(C)(C)C)cc(C(C)(C)C)c5)cc4C)cc(C(C)(C)C)c3)c2)cc1.[Pt]. The Morgan fingerprint density at radius 2 is 1.10 bits per heavy atom. The molecule has 8 aromatic rings. The molecule has 0 atom stereocenters. The second-order valence-corrected chi connectivity index (χ2v) is 25.1. The fourth-order valence-electron chi connectivity index (χ4n) is 9.34. The minimum atomic E-state index is -0.675. The van der Waals surface area contributed by atoms with Crippen molar-refractivity contribution < 1.29 is 27.5 Å². The summed E-state index contributed by atoms with van der Waals surface area (Å²) >= 11 is 0. The van der Waals surface area contributed by atoms with Crippen LogP contribution in [-0.4, -0.2) is 19.6 Å². The Hall–Kier alpha value is -5.57. The van der Waals surface area contributed by atoms with Gasteiger partial charge in [0.2, 0.25) is 0 Å². The summed E-state index contributed by atoms with van der Waals surface area (Å²) in [5, 5.41) is 12.6. The van der Waals surface area contributed by atoms with Crippen LogP contribution in [0.25, 0.3) is 72.7 Å². The van der Waals surface area contributed by atoms with Crippen LogP contribution in [0.1, 0.15) is 164 Å².